The van der Waals surface area contributed by atoms with E-state index in [4.69, 9.17) is 11.6 Å². The Bertz CT molecular complexity index is 636. The number of halogens is 4. The van der Waals surface area contributed by atoms with Crippen molar-refractivity contribution >= 4 is 17.4 Å². The SMILES string of the molecule is O=C(Cc1ccc(Cl)cc1)c1ccccc1OC(F)(F)F. The lowest BCUT2D eigenvalue weighted by atomic mass is 10.0. The van der Waals surface area contributed by atoms with Gasteiger partial charge in [0, 0.05) is 11.4 Å². The van der Waals surface area contributed by atoms with Crippen molar-refractivity contribution in [3.8, 4) is 5.75 Å². The van der Waals surface area contributed by atoms with Crippen molar-refractivity contribution < 1.29 is 22.7 Å². The molecular weight excluding hydrogens is 305 g/mol. The Balaban J connectivity index is 2.21. The number of para-hydroxylation sites is 1. The molecule has 2 rings (SSSR count). The van der Waals surface area contributed by atoms with Gasteiger partial charge in [-0.3, -0.25) is 4.79 Å². The molecule has 6 heteroatoms. The number of Topliss-reactive ketones (excluding diaryl/α,β-unsaturated/α-hetero) is 1. The van der Waals surface area contributed by atoms with E-state index in [1.807, 2.05) is 0 Å². The molecule has 0 amide bonds. The van der Waals surface area contributed by atoms with E-state index in [-0.39, 0.29) is 12.0 Å². The fourth-order valence-electron chi connectivity index (χ4n) is 1.79. The van der Waals surface area contributed by atoms with Crippen molar-refractivity contribution in [2.75, 3.05) is 0 Å². The highest BCUT2D eigenvalue weighted by Crippen LogP contribution is 2.27. The zero-order chi connectivity index (χ0) is 15.5. The van der Waals surface area contributed by atoms with E-state index in [1.165, 1.54) is 18.2 Å². The van der Waals surface area contributed by atoms with Gasteiger partial charge in [-0.2, -0.15) is 0 Å². The summed E-state index contributed by atoms with van der Waals surface area (Å²) in [4.78, 5) is 12.1. The molecule has 0 aliphatic heterocycles. The fraction of sp³-hybridized carbons (Fsp3) is 0.133. The van der Waals surface area contributed by atoms with Gasteiger partial charge in [0.25, 0.3) is 0 Å². The van der Waals surface area contributed by atoms with E-state index >= 15 is 0 Å². The first-order valence-corrected chi connectivity index (χ1v) is 6.35. The number of carbonyl (C=O) groups is 1. The molecule has 0 saturated heterocycles. The van der Waals surface area contributed by atoms with Crippen molar-refractivity contribution in [2.24, 2.45) is 0 Å². The van der Waals surface area contributed by atoms with Crippen molar-refractivity contribution in [1.82, 2.24) is 0 Å². The van der Waals surface area contributed by atoms with Crippen LogP contribution in [0.4, 0.5) is 13.2 Å². The normalized spacial score (nSPS) is 11.2. The molecular formula is C15H10ClF3O2. The summed E-state index contributed by atoms with van der Waals surface area (Å²) in [6.45, 7) is 0. The van der Waals surface area contributed by atoms with Gasteiger partial charge < -0.3 is 4.74 Å². The Kier molecular flexibility index (Phi) is 4.53. The van der Waals surface area contributed by atoms with Crippen LogP contribution in [0.5, 0.6) is 5.75 Å². The van der Waals surface area contributed by atoms with Gasteiger partial charge in [0.2, 0.25) is 0 Å². The van der Waals surface area contributed by atoms with Gasteiger partial charge in [0.05, 0.1) is 5.56 Å². The molecule has 0 bridgehead atoms. The molecule has 0 aliphatic carbocycles. The van der Waals surface area contributed by atoms with Crippen LogP contribution in [-0.2, 0) is 6.42 Å². The van der Waals surface area contributed by atoms with Gasteiger partial charge in [-0.25, -0.2) is 0 Å². The van der Waals surface area contributed by atoms with Crippen molar-refractivity contribution in [3.63, 3.8) is 0 Å². The molecule has 0 aliphatic rings. The van der Waals surface area contributed by atoms with E-state index in [9.17, 15) is 18.0 Å². The highest BCUT2D eigenvalue weighted by atomic mass is 35.5. The lowest BCUT2D eigenvalue weighted by Crippen LogP contribution is -2.19. The molecule has 2 nitrogen and oxygen atoms in total. The van der Waals surface area contributed by atoms with E-state index in [1.54, 1.807) is 24.3 Å². The maximum atomic E-state index is 12.3. The number of benzene rings is 2. The Morgan fingerprint density at radius 1 is 1.05 bits per heavy atom. The summed E-state index contributed by atoms with van der Waals surface area (Å²) >= 11 is 5.73. The summed E-state index contributed by atoms with van der Waals surface area (Å²) in [5.74, 6) is -0.957. The van der Waals surface area contributed by atoms with E-state index in [2.05, 4.69) is 4.74 Å². The third-order valence-electron chi connectivity index (χ3n) is 2.69. The molecule has 0 atom stereocenters. The van der Waals surface area contributed by atoms with Crippen LogP contribution in [0.1, 0.15) is 15.9 Å². The minimum absolute atomic E-state index is 0.0323. The molecule has 0 radical (unpaired) electrons. The second kappa shape index (κ2) is 6.18. The van der Waals surface area contributed by atoms with Crippen LogP contribution < -0.4 is 4.74 Å². The summed E-state index contributed by atoms with van der Waals surface area (Å²) in [6.07, 6.45) is -4.87. The number of ketones is 1. The summed E-state index contributed by atoms with van der Waals surface area (Å²) in [5.41, 5.74) is 0.552. The number of rotatable bonds is 4. The van der Waals surface area contributed by atoms with Crippen LogP contribution in [0.15, 0.2) is 48.5 Å². The van der Waals surface area contributed by atoms with Crippen molar-refractivity contribution in [3.05, 3.63) is 64.7 Å². The van der Waals surface area contributed by atoms with Gasteiger partial charge in [-0.15, -0.1) is 13.2 Å². The minimum Gasteiger partial charge on any atom is -0.405 e. The standard InChI is InChI=1S/C15H10ClF3O2/c16-11-7-5-10(6-8-11)9-13(20)12-3-1-2-4-14(12)21-15(17,18)19/h1-8H,9H2. The first kappa shape index (κ1) is 15.4. The van der Waals surface area contributed by atoms with Gasteiger partial charge in [-0.1, -0.05) is 35.9 Å². The third kappa shape index (κ3) is 4.49. The Morgan fingerprint density at radius 2 is 1.67 bits per heavy atom. The largest absolute Gasteiger partial charge is 0.573 e. The zero-order valence-corrected chi connectivity index (χ0v) is 11.4. The fourth-order valence-corrected chi connectivity index (χ4v) is 1.92. The quantitative estimate of drug-likeness (QED) is 0.767. The van der Waals surface area contributed by atoms with Crippen molar-refractivity contribution in [2.45, 2.75) is 12.8 Å². The van der Waals surface area contributed by atoms with Crippen LogP contribution in [0.3, 0.4) is 0 Å². The van der Waals surface area contributed by atoms with Crippen LogP contribution in [0, 0.1) is 0 Å². The molecule has 0 fully saturated rings. The zero-order valence-electron chi connectivity index (χ0n) is 10.7. The maximum Gasteiger partial charge on any atom is 0.573 e. The first-order valence-electron chi connectivity index (χ1n) is 5.97. The highest BCUT2D eigenvalue weighted by molar-refractivity contribution is 6.30. The first-order chi connectivity index (χ1) is 9.85. The average Bonchev–Trinajstić information content (AvgIpc) is 2.40. The van der Waals surface area contributed by atoms with Crippen LogP contribution in [-0.4, -0.2) is 12.1 Å². The second-order valence-corrected chi connectivity index (χ2v) is 4.71. The number of hydrogen-bond acceptors (Lipinski definition) is 2. The van der Waals surface area contributed by atoms with Crippen molar-refractivity contribution in [1.29, 1.82) is 0 Å². The maximum absolute atomic E-state index is 12.3. The van der Waals surface area contributed by atoms with E-state index in [0.29, 0.717) is 10.6 Å². The number of alkyl halides is 3. The summed E-state index contributed by atoms with van der Waals surface area (Å²) in [7, 11) is 0. The molecule has 0 spiro atoms. The van der Waals surface area contributed by atoms with Crippen LogP contribution in [0.2, 0.25) is 5.02 Å². The minimum atomic E-state index is -4.84. The predicted molar refractivity (Wildman–Crippen MR) is 72.6 cm³/mol. The van der Waals surface area contributed by atoms with Crippen LogP contribution >= 0.6 is 11.6 Å². The number of carbonyl (C=O) groups excluding carboxylic acids is 1. The topological polar surface area (TPSA) is 26.3 Å². The predicted octanol–water partition coefficient (Wildman–Crippen LogP) is 4.66. The molecule has 0 saturated carbocycles. The third-order valence-corrected chi connectivity index (χ3v) is 2.94. The molecule has 0 unspecified atom stereocenters. The smallest absolute Gasteiger partial charge is 0.405 e. The molecule has 2 aromatic carbocycles. The Labute approximate surface area is 124 Å². The highest BCUT2D eigenvalue weighted by Gasteiger charge is 2.32. The van der Waals surface area contributed by atoms with Gasteiger partial charge in [0.1, 0.15) is 5.75 Å². The van der Waals surface area contributed by atoms with Gasteiger partial charge in [0.15, 0.2) is 5.78 Å². The number of hydrogen-bond donors (Lipinski definition) is 0. The molecule has 0 aromatic heterocycles. The van der Waals surface area contributed by atoms with Gasteiger partial charge >= 0.3 is 6.36 Å². The molecule has 2 aromatic rings. The molecule has 110 valence electrons. The van der Waals surface area contributed by atoms with Crippen LogP contribution in [0.25, 0.3) is 0 Å². The lowest BCUT2D eigenvalue weighted by Gasteiger charge is -2.12. The van der Waals surface area contributed by atoms with E-state index < -0.39 is 17.9 Å². The lowest BCUT2D eigenvalue weighted by molar-refractivity contribution is -0.274. The molecule has 0 N–H and O–H groups in total. The summed E-state index contributed by atoms with van der Waals surface area (Å²) in [5, 5.41) is 0.520. The monoisotopic (exact) mass is 314 g/mol. The molecule has 21 heavy (non-hydrogen) atoms. The van der Waals surface area contributed by atoms with E-state index in [0.717, 1.165) is 6.07 Å². The average molecular weight is 315 g/mol. The molecule has 0 heterocycles. The second-order valence-electron chi connectivity index (χ2n) is 4.27. The number of ether oxygens (including phenoxy) is 1. The summed E-state index contributed by atoms with van der Waals surface area (Å²) in [6, 6.07) is 11.8. The Morgan fingerprint density at radius 3 is 2.29 bits per heavy atom. The van der Waals surface area contributed by atoms with Gasteiger partial charge in [-0.05, 0) is 29.8 Å². The Hall–Kier alpha value is -2.01. The summed E-state index contributed by atoms with van der Waals surface area (Å²) < 4.78 is 40.8.